The number of benzene rings is 1. The van der Waals surface area contributed by atoms with Crippen LogP contribution in [0.4, 0.5) is 5.13 Å². The van der Waals surface area contributed by atoms with E-state index in [0.717, 1.165) is 37.9 Å². The quantitative estimate of drug-likeness (QED) is 0.425. The van der Waals surface area contributed by atoms with Crippen molar-refractivity contribution in [3.05, 3.63) is 47.5 Å². The van der Waals surface area contributed by atoms with E-state index in [-0.39, 0.29) is 29.4 Å². The fourth-order valence-electron chi connectivity index (χ4n) is 3.31. The summed E-state index contributed by atoms with van der Waals surface area (Å²) in [5.74, 6) is 0.691. The number of nitrogens with two attached hydrogens (primary N) is 1. The van der Waals surface area contributed by atoms with E-state index in [1.807, 2.05) is 11.6 Å². The second-order valence-electron chi connectivity index (χ2n) is 6.61. The molecule has 1 aliphatic heterocycles. The zero-order valence-corrected chi connectivity index (χ0v) is 17.3. The van der Waals surface area contributed by atoms with E-state index in [2.05, 4.69) is 45.1 Å². The summed E-state index contributed by atoms with van der Waals surface area (Å²) in [5, 5.41) is 3.13. The number of piperazine rings is 1. The Balaban J connectivity index is 0.00000182. The summed E-state index contributed by atoms with van der Waals surface area (Å²) in [4.78, 5) is 13.6. The molecule has 0 spiro atoms. The second kappa shape index (κ2) is 7.90. The molecule has 1 aromatic heterocycles. The molecule has 0 atom stereocenters. The summed E-state index contributed by atoms with van der Waals surface area (Å²) in [6.07, 6.45) is 4.29. The number of aliphatic imine (C=N–C) groups is 1. The van der Waals surface area contributed by atoms with E-state index in [9.17, 15) is 0 Å². The summed E-state index contributed by atoms with van der Waals surface area (Å²) in [6.45, 7) is 4.52. The Labute approximate surface area is 170 Å². The minimum absolute atomic E-state index is 0. The smallest absolute Gasteiger partial charge is 0.191 e. The molecular formula is C18H24IN5S. The number of halogens is 1. The number of hydrogen-bond donors (Lipinski definition) is 1. The van der Waals surface area contributed by atoms with Gasteiger partial charge in [0, 0.05) is 43.2 Å². The Morgan fingerprint density at radius 2 is 1.88 bits per heavy atom. The Morgan fingerprint density at radius 1 is 1.16 bits per heavy atom. The molecule has 134 valence electrons. The number of aromatic nitrogens is 1. The summed E-state index contributed by atoms with van der Waals surface area (Å²) in [6, 6.07) is 10.7. The molecule has 0 bridgehead atoms. The number of hydrogen-bond acceptors (Lipinski definition) is 4. The van der Waals surface area contributed by atoms with Gasteiger partial charge < -0.3 is 15.5 Å². The highest BCUT2D eigenvalue weighted by molar-refractivity contribution is 14.0. The van der Waals surface area contributed by atoms with Crippen LogP contribution in [-0.2, 0) is 5.41 Å². The maximum absolute atomic E-state index is 6.27. The zero-order valence-electron chi connectivity index (χ0n) is 14.2. The molecule has 2 aromatic rings. The zero-order chi connectivity index (χ0) is 16.4. The summed E-state index contributed by atoms with van der Waals surface area (Å²) < 4.78 is 0. The highest BCUT2D eigenvalue weighted by atomic mass is 127. The van der Waals surface area contributed by atoms with Crippen molar-refractivity contribution in [1.82, 2.24) is 9.88 Å². The molecule has 2 aliphatic rings. The van der Waals surface area contributed by atoms with E-state index >= 15 is 0 Å². The van der Waals surface area contributed by atoms with E-state index < -0.39 is 0 Å². The Kier molecular flexibility index (Phi) is 5.83. The van der Waals surface area contributed by atoms with Gasteiger partial charge in [0.25, 0.3) is 0 Å². The van der Waals surface area contributed by atoms with Crippen molar-refractivity contribution in [2.45, 2.75) is 18.3 Å². The van der Waals surface area contributed by atoms with Crippen LogP contribution >= 0.6 is 35.3 Å². The van der Waals surface area contributed by atoms with Gasteiger partial charge in [-0.15, -0.1) is 35.3 Å². The van der Waals surface area contributed by atoms with Crippen molar-refractivity contribution < 1.29 is 0 Å². The minimum Gasteiger partial charge on any atom is -0.370 e. The topological polar surface area (TPSA) is 57.8 Å². The Bertz CT molecular complexity index is 692. The molecule has 5 nitrogen and oxygen atoms in total. The van der Waals surface area contributed by atoms with Crippen LogP contribution in [-0.4, -0.2) is 48.6 Å². The number of rotatable bonds is 4. The molecule has 0 amide bonds. The lowest BCUT2D eigenvalue weighted by Gasteiger charge is -2.35. The molecule has 25 heavy (non-hydrogen) atoms. The van der Waals surface area contributed by atoms with Gasteiger partial charge in [-0.25, -0.2) is 4.98 Å². The van der Waals surface area contributed by atoms with E-state index in [1.165, 1.54) is 18.4 Å². The summed E-state index contributed by atoms with van der Waals surface area (Å²) in [7, 11) is 0. The third-order valence-electron chi connectivity index (χ3n) is 5.08. The maximum Gasteiger partial charge on any atom is 0.191 e. The standard InChI is InChI=1S/C18H23N5S.HI/c19-16(21-14-18(6-7-18)15-4-2-1-3-5-15)22-9-11-23(12-10-22)17-20-8-13-24-17;/h1-5,8,13H,6-7,9-12,14H2,(H2,19,21);1H. The molecule has 1 saturated carbocycles. The molecule has 1 saturated heterocycles. The minimum atomic E-state index is 0. The predicted molar refractivity (Wildman–Crippen MR) is 115 cm³/mol. The van der Waals surface area contributed by atoms with Crippen molar-refractivity contribution in [2.24, 2.45) is 10.7 Å². The molecule has 2 heterocycles. The van der Waals surface area contributed by atoms with Crippen LogP contribution in [0.25, 0.3) is 0 Å². The van der Waals surface area contributed by atoms with Gasteiger partial charge >= 0.3 is 0 Å². The van der Waals surface area contributed by atoms with Gasteiger partial charge in [0.2, 0.25) is 0 Å². The number of anilines is 1. The second-order valence-corrected chi connectivity index (χ2v) is 7.48. The first-order chi connectivity index (χ1) is 11.8. The van der Waals surface area contributed by atoms with Crippen molar-refractivity contribution in [3.8, 4) is 0 Å². The fraction of sp³-hybridized carbons (Fsp3) is 0.444. The number of thiazole rings is 1. The van der Waals surface area contributed by atoms with Gasteiger partial charge in [-0.05, 0) is 18.4 Å². The average Bonchev–Trinajstić information content (AvgIpc) is 3.24. The molecule has 1 aliphatic carbocycles. The SMILES string of the molecule is I.NC(=NCC1(c2ccccc2)CC1)N1CCN(c2nccs2)CC1. The predicted octanol–water partition coefficient (Wildman–Crippen LogP) is 2.93. The van der Waals surface area contributed by atoms with Crippen molar-refractivity contribution >= 4 is 46.4 Å². The van der Waals surface area contributed by atoms with Gasteiger partial charge in [-0.2, -0.15) is 0 Å². The molecular weight excluding hydrogens is 445 g/mol. The Hall–Kier alpha value is -1.35. The molecule has 0 radical (unpaired) electrons. The first-order valence-corrected chi connectivity index (χ1v) is 9.40. The van der Waals surface area contributed by atoms with Gasteiger partial charge in [-0.1, -0.05) is 30.3 Å². The molecule has 2 N–H and O–H groups in total. The van der Waals surface area contributed by atoms with E-state index in [0.29, 0.717) is 5.96 Å². The van der Waals surface area contributed by atoms with Gasteiger partial charge in [0.15, 0.2) is 11.1 Å². The van der Waals surface area contributed by atoms with Crippen LogP contribution in [0, 0.1) is 0 Å². The highest BCUT2D eigenvalue weighted by Crippen LogP contribution is 2.48. The fourth-order valence-corrected chi connectivity index (χ4v) is 4.01. The molecule has 1 aromatic carbocycles. The number of guanidine groups is 1. The lowest BCUT2D eigenvalue weighted by atomic mass is 9.96. The van der Waals surface area contributed by atoms with Crippen LogP contribution in [0.1, 0.15) is 18.4 Å². The highest BCUT2D eigenvalue weighted by Gasteiger charge is 2.44. The van der Waals surface area contributed by atoms with Crippen LogP contribution < -0.4 is 10.6 Å². The first kappa shape index (κ1) is 18.4. The van der Waals surface area contributed by atoms with Crippen molar-refractivity contribution in [3.63, 3.8) is 0 Å². The van der Waals surface area contributed by atoms with Crippen LogP contribution in [0.5, 0.6) is 0 Å². The summed E-state index contributed by atoms with van der Waals surface area (Å²) in [5.41, 5.74) is 7.90. The monoisotopic (exact) mass is 469 g/mol. The van der Waals surface area contributed by atoms with Gasteiger partial charge in [0.1, 0.15) is 0 Å². The molecule has 0 unspecified atom stereocenters. The normalized spacial score (nSPS) is 19.4. The van der Waals surface area contributed by atoms with E-state index in [1.54, 1.807) is 11.3 Å². The largest absolute Gasteiger partial charge is 0.370 e. The molecule has 2 fully saturated rings. The van der Waals surface area contributed by atoms with Crippen LogP contribution in [0.15, 0.2) is 46.9 Å². The van der Waals surface area contributed by atoms with Crippen LogP contribution in [0.2, 0.25) is 0 Å². The first-order valence-electron chi connectivity index (χ1n) is 8.52. The lowest BCUT2D eigenvalue weighted by molar-refractivity contribution is 0.380. The number of nitrogens with zero attached hydrogens (tertiary/aromatic N) is 4. The molecule has 4 rings (SSSR count). The maximum atomic E-state index is 6.27. The van der Waals surface area contributed by atoms with E-state index in [4.69, 9.17) is 10.7 Å². The lowest BCUT2D eigenvalue weighted by Crippen LogP contribution is -2.51. The third kappa shape index (κ3) is 4.08. The Morgan fingerprint density at radius 3 is 2.48 bits per heavy atom. The van der Waals surface area contributed by atoms with Crippen molar-refractivity contribution in [1.29, 1.82) is 0 Å². The molecule has 7 heteroatoms. The van der Waals surface area contributed by atoms with Gasteiger partial charge in [-0.3, -0.25) is 4.99 Å². The van der Waals surface area contributed by atoms with Gasteiger partial charge in [0.05, 0.1) is 6.54 Å². The average molecular weight is 469 g/mol. The van der Waals surface area contributed by atoms with Crippen molar-refractivity contribution in [2.75, 3.05) is 37.6 Å². The van der Waals surface area contributed by atoms with Crippen LogP contribution in [0.3, 0.4) is 0 Å². The third-order valence-corrected chi connectivity index (χ3v) is 5.91. The summed E-state index contributed by atoms with van der Waals surface area (Å²) >= 11 is 1.69.